The molecule has 1 aromatic carbocycles. The summed E-state index contributed by atoms with van der Waals surface area (Å²) in [4.78, 5) is -1.23. The zero-order valence-corrected chi connectivity index (χ0v) is 11.3. The van der Waals surface area contributed by atoms with Crippen LogP contribution in [0.2, 0.25) is 0 Å². The number of benzene rings is 1. The van der Waals surface area contributed by atoms with Crippen LogP contribution in [0.25, 0.3) is 0 Å². The Balaban J connectivity index is 2.31. The molecule has 0 radical (unpaired) electrons. The Morgan fingerprint density at radius 1 is 1.10 bits per heavy atom. The SMILES string of the molecule is O=S(=O)(N[C@@H]1CCCC[C@H]1O)c1c(F)cc(F)cc1F. The van der Waals surface area contributed by atoms with E-state index < -0.39 is 44.5 Å². The van der Waals surface area contributed by atoms with Crippen LogP contribution in [0.3, 0.4) is 0 Å². The lowest BCUT2D eigenvalue weighted by Gasteiger charge is -2.28. The maximum absolute atomic E-state index is 13.5. The fraction of sp³-hybridized carbons (Fsp3) is 0.500. The Kier molecular flexibility index (Phi) is 4.36. The summed E-state index contributed by atoms with van der Waals surface area (Å²) in [5.41, 5.74) is 0. The second-order valence-electron chi connectivity index (χ2n) is 4.78. The molecule has 0 saturated heterocycles. The van der Waals surface area contributed by atoms with Gasteiger partial charge in [0.1, 0.15) is 17.5 Å². The fourth-order valence-corrected chi connectivity index (χ4v) is 3.72. The Bertz CT molecular complexity index is 583. The highest BCUT2D eigenvalue weighted by Crippen LogP contribution is 2.24. The molecule has 0 aromatic heterocycles. The number of aliphatic hydroxyl groups is 1. The minimum atomic E-state index is -4.50. The predicted octanol–water partition coefficient (Wildman–Crippen LogP) is 1.69. The minimum absolute atomic E-state index is 0.301. The highest BCUT2D eigenvalue weighted by atomic mass is 32.2. The average molecular weight is 309 g/mol. The minimum Gasteiger partial charge on any atom is -0.391 e. The number of halogens is 3. The van der Waals surface area contributed by atoms with E-state index in [0.717, 1.165) is 6.42 Å². The van der Waals surface area contributed by atoms with Gasteiger partial charge in [-0.1, -0.05) is 12.8 Å². The summed E-state index contributed by atoms with van der Waals surface area (Å²) < 4.78 is 65.8. The zero-order valence-electron chi connectivity index (χ0n) is 10.4. The molecular weight excluding hydrogens is 295 g/mol. The van der Waals surface area contributed by atoms with E-state index in [9.17, 15) is 26.7 Å². The first-order chi connectivity index (χ1) is 9.31. The molecule has 0 bridgehead atoms. The number of hydrogen-bond donors (Lipinski definition) is 2. The lowest BCUT2D eigenvalue weighted by molar-refractivity contribution is 0.101. The molecule has 0 amide bonds. The molecule has 0 spiro atoms. The van der Waals surface area contributed by atoms with Crippen LogP contribution in [0, 0.1) is 17.5 Å². The standard InChI is InChI=1S/C12H14F3NO3S/c13-7-5-8(14)12(9(15)6-7)20(18,19)16-10-3-1-2-4-11(10)17/h5-6,10-11,16-17H,1-4H2/t10-,11-/m1/s1. The van der Waals surface area contributed by atoms with Crippen molar-refractivity contribution in [2.24, 2.45) is 0 Å². The van der Waals surface area contributed by atoms with Crippen molar-refractivity contribution < 1.29 is 26.7 Å². The summed E-state index contributed by atoms with van der Waals surface area (Å²) >= 11 is 0. The zero-order chi connectivity index (χ0) is 14.9. The number of rotatable bonds is 3. The van der Waals surface area contributed by atoms with Crippen LogP contribution < -0.4 is 4.72 Å². The topological polar surface area (TPSA) is 66.4 Å². The van der Waals surface area contributed by atoms with Crippen molar-refractivity contribution in [3.8, 4) is 0 Å². The van der Waals surface area contributed by atoms with Gasteiger partial charge in [0.05, 0.1) is 6.10 Å². The molecule has 1 fully saturated rings. The van der Waals surface area contributed by atoms with Crippen LogP contribution >= 0.6 is 0 Å². The van der Waals surface area contributed by atoms with Crippen LogP contribution in [0.4, 0.5) is 13.2 Å². The van der Waals surface area contributed by atoms with Crippen molar-refractivity contribution in [1.82, 2.24) is 4.72 Å². The van der Waals surface area contributed by atoms with E-state index in [1.807, 2.05) is 0 Å². The molecule has 1 saturated carbocycles. The van der Waals surface area contributed by atoms with E-state index in [-0.39, 0.29) is 0 Å². The van der Waals surface area contributed by atoms with Crippen molar-refractivity contribution in [2.75, 3.05) is 0 Å². The number of nitrogens with one attached hydrogen (secondary N) is 1. The molecule has 2 N–H and O–H groups in total. The molecule has 0 unspecified atom stereocenters. The lowest BCUT2D eigenvalue weighted by Crippen LogP contribution is -2.45. The maximum atomic E-state index is 13.5. The maximum Gasteiger partial charge on any atom is 0.246 e. The van der Waals surface area contributed by atoms with Gasteiger partial charge in [0, 0.05) is 18.2 Å². The first kappa shape index (κ1) is 15.3. The van der Waals surface area contributed by atoms with Crippen LogP contribution in [-0.4, -0.2) is 25.7 Å². The summed E-state index contributed by atoms with van der Waals surface area (Å²) in [6, 6.07) is -0.193. The molecule has 4 nitrogen and oxygen atoms in total. The van der Waals surface area contributed by atoms with Gasteiger partial charge in [-0.05, 0) is 12.8 Å². The molecule has 1 aromatic rings. The third-order valence-electron chi connectivity index (χ3n) is 3.27. The summed E-state index contributed by atoms with van der Waals surface area (Å²) in [5, 5.41) is 9.69. The Morgan fingerprint density at radius 3 is 2.20 bits per heavy atom. The van der Waals surface area contributed by atoms with Crippen molar-refractivity contribution in [1.29, 1.82) is 0 Å². The summed E-state index contributed by atoms with van der Waals surface area (Å²) in [6.45, 7) is 0. The van der Waals surface area contributed by atoms with Crippen LogP contribution in [-0.2, 0) is 10.0 Å². The average Bonchev–Trinajstić information content (AvgIpc) is 2.30. The molecule has 0 aliphatic heterocycles. The fourth-order valence-electron chi connectivity index (χ4n) is 2.29. The normalized spacial score (nSPS) is 23.8. The monoisotopic (exact) mass is 309 g/mol. The van der Waals surface area contributed by atoms with E-state index in [2.05, 4.69) is 4.72 Å². The van der Waals surface area contributed by atoms with E-state index in [4.69, 9.17) is 0 Å². The van der Waals surface area contributed by atoms with Gasteiger partial charge in [-0.15, -0.1) is 0 Å². The van der Waals surface area contributed by atoms with E-state index in [0.29, 0.717) is 31.4 Å². The summed E-state index contributed by atoms with van der Waals surface area (Å²) in [6.07, 6.45) is 1.37. The molecule has 2 rings (SSSR count). The van der Waals surface area contributed by atoms with E-state index >= 15 is 0 Å². The second kappa shape index (κ2) is 5.71. The van der Waals surface area contributed by atoms with Crippen molar-refractivity contribution in [3.63, 3.8) is 0 Å². The Hall–Kier alpha value is -1.12. The van der Waals surface area contributed by atoms with Gasteiger partial charge < -0.3 is 5.11 Å². The van der Waals surface area contributed by atoms with E-state index in [1.165, 1.54) is 0 Å². The Labute approximate surface area is 114 Å². The highest BCUT2D eigenvalue weighted by molar-refractivity contribution is 7.89. The third-order valence-corrected chi connectivity index (χ3v) is 4.81. The Morgan fingerprint density at radius 2 is 1.65 bits per heavy atom. The number of aliphatic hydroxyl groups excluding tert-OH is 1. The van der Waals surface area contributed by atoms with Gasteiger partial charge in [-0.25, -0.2) is 26.3 Å². The highest BCUT2D eigenvalue weighted by Gasteiger charge is 2.31. The molecule has 20 heavy (non-hydrogen) atoms. The van der Waals surface area contributed by atoms with Crippen LogP contribution in [0.1, 0.15) is 25.7 Å². The van der Waals surface area contributed by atoms with Crippen molar-refractivity contribution in [2.45, 2.75) is 42.7 Å². The smallest absolute Gasteiger partial charge is 0.246 e. The molecule has 0 heterocycles. The first-order valence-corrected chi connectivity index (χ1v) is 7.64. The van der Waals surface area contributed by atoms with Gasteiger partial charge in [0.2, 0.25) is 10.0 Å². The summed E-state index contributed by atoms with van der Waals surface area (Å²) in [7, 11) is -4.50. The number of sulfonamides is 1. The molecule has 2 atom stereocenters. The van der Waals surface area contributed by atoms with Gasteiger partial charge in [-0.3, -0.25) is 0 Å². The van der Waals surface area contributed by atoms with Crippen molar-refractivity contribution >= 4 is 10.0 Å². The van der Waals surface area contributed by atoms with Gasteiger partial charge in [-0.2, -0.15) is 0 Å². The summed E-state index contributed by atoms with van der Waals surface area (Å²) in [5.74, 6) is -4.20. The largest absolute Gasteiger partial charge is 0.391 e. The molecule has 1 aliphatic carbocycles. The van der Waals surface area contributed by atoms with Crippen LogP contribution in [0.5, 0.6) is 0 Å². The predicted molar refractivity (Wildman–Crippen MR) is 64.9 cm³/mol. The molecular formula is C12H14F3NO3S. The lowest BCUT2D eigenvalue weighted by atomic mass is 9.93. The number of hydrogen-bond acceptors (Lipinski definition) is 3. The first-order valence-electron chi connectivity index (χ1n) is 6.16. The third kappa shape index (κ3) is 3.13. The molecule has 112 valence electrons. The molecule has 1 aliphatic rings. The second-order valence-corrected chi connectivity index (χ2v) is 6.43. The van der Waals surface area contributed by atoms with Crippen molar-refractivity contribution in [3.05, 3.63) is 29.6 Å². The van der Waals surface area contributed by atoms with Gasteiger partial charge in [0.15, 0.2) is 4.90 Å². The van der Waals surface area contributed by atoms with Gasteiger partial charge >= 0.3 is 0 Å². The molecule has 8 heteroatoms. The van der Waals surface area contributed by atoms with Crippen LogP contribution in [0.15, 0.2) is 17.0 Å². The van der Waals surface area contributed by atoms with E-state index in [1.54, 1.807) is 0 Å². The quantitative estimate of drug-likeness (QED) is 0.893. The van der Waals surface area contributed by atoms with Gasteiger partial charge in [0.25, 0.3) is 0 Å².